The summed E-state index contributed by atoms with van der Waals surface area (Å²) in [6.45, 7) is 7.42. The summed E-state index contributed by atoms with van der Waals surface area (Å²) in [5.41, 5.74) is 6.09. The smallest absolute Gasteiger partial charge is 0.260 e. The molecule has 2 fully saturated rings. The number of aromatic nitrogens is 2. The second-order valence-corrected chi connectivity index (χ2v) is 10.2. The van der Waals surface area contributed by atoms with Crippen molar-refractivity contribution in [1.29, 1.82) is 0 Å². The number of carbonyl (C=O) groups excluding carboxylic acids is 2. The van der Waals surface area contributed by atoms with Crippen LogP contribution in [-0.4, -0.2) is 70.4 Å². The maximum absolute atomic E-state index is 12.6. The number of ether oxygens (including phenoxy) is 1. The molecule has 5 rings (SSSR count). The summed E-state index contributed by atoms with van der Waals surface area (Å²) in [4.78, 5) is 38.6. The van der Waals surface area contributed by atoms with Gasteiger partial charge in [-0.25, -0.2) is 9.97 Å². The zero-order chi connectivity index (χ0) is 26.0. The summed E-state index contributed by atoms with van der Waals surface area (Å²) in [5.74, 6) is 2.02. The van der Waals surface area contributed by atoms with Gasteiger partial charge in [0, 0.05) is 37.6 Å². The van der Waals surface area contributed by atoms with Gasteiger partial charge in [0.2, 0.25) is 5.91 Å². The first-order chi connectivity index (χ1) is 17.9. The van der Waals surface area contributed by atoms with Crippen molar-refractivity contribution in [1.82, 2.24) is 19.8 Å². The fourth-order valence-electron chi connectivity index (χ4n) is 5.23. The summed E-state index contributed by atoms with van der Waals surface area (Å²) in [6.07, 6.45) is 0.706. The maximum atomic E-state index is 12.6. The Balaban J connectivity index is 1.22. The summed E-state index contributed by atoms with van der Waals surface area (Å²) in [6, 6.07) is 17.2. The number of amides is 2. The minimum absolute atomic E-state index is 0.00975. The molecule has 1 aliphatic heterocycles. The number of nitrogens with one attached hydrogen (secondary N) is 1. The van der Waals surface area contributed by atoms with Crippen LogP contribution in [0.4, 0.5) is 5.82 Å². The Morgan fingerprint density at radius 2 is 1.76 bits per heavy atom. The minimum atomic E-state index is -0.542. The molecule has 2 heterocycles. The number of nitrogens with zero attached hydrogens (tertiary/aromatic N) is 4. The number of carbonyl (C=O) groups is 2. The van der Waals surface area contributed by atoms with E-state index in [-0.39, 0.29) is 30.4 Å². The molecule has 9 heteroatoms. The summed E-state index contributed by atoms with van der Waals surface area (Å²) in [5, 5.41) is 4.43. The third-order valence-corrected chi connectivity index (χ3v) is 7.65. The molecule has 0 bridgehead atoms. The Morgan fingerprint density at radius 1 is 1.05 bits per heavy atom. The number of benzene rings is 2. The molecule has 9 nitrogen and oxygen atoms in total. The Hall–Kier alpha value is -3.72. The molecule has 2 aromatic carbocycles. The molecular formula is C28H34N6O3. The SMILES string of the molecule is CC(C)[C@]1(C(N)=O)CC1Nc1nc(CN2CCN(C(=O)COc3ccccc3)CC2)nc2ccccc12. The number of hydrogen-bond donors (Lipinski definition) is 2. The molecule has 1 aliphatic carbocycles. The first-order valence-electron chi connectivity index (χ1n) is 12.9. The quantitative estimate of drug-likeness (QED) is 0.462. The highest BCUT2D eigenvalue weighted by Gasteiger charge is 2.61. The van der Waals surface area contributed by atoms with E-state index >= 15 is 0 Å². The highest BCUT2D eigenvalue weighted by Crippen LogP contribution is 2.53. The number of hydrogen-bond acceptors (Lipinski definition) is 7. The lowest BCUT2D eigenvalue weighted by atomic mass is 9.91. The lowest BCUT2D eigenvalue weighted by Gasteiger charge is -2.34. The zero-order valence-corrected chi connectivity index (χ0v) is 21.4. The Bertz CT molecular complexity index is 1280. The molecule has 0 radical (unpaired) electrons. The van der Waals surface area contributed by atoms with Crippen LogP contribution >= 0.6 is 0 Å². The topological polar surface area (TPSA) is 114 Å². The highest BCUT2D eigenvalue weighted by atomic mass is 16.5. The number of anilines is 1. The van der Waals surface area contributed by atoms with E-state index in [1.165, 1.54) is 0 Å². The van der Waals surface area contributed by atoms with Crippen molar-refractivity contribution in [3.63, 3.8) is 0 Å². The van der Waals surface area contributed by atoms with Crippen molar-refractivity contribution < 1.29 is 14.3 Å². The molecular weight excluding hydrogens is 468 g/mol. The summed E-state index contributed by atoms with van der Waals surface area (Å²) < 4.78 is 5.62. The van der Waals surface area contributed by atoms with Gasteiger partial charge in [0.1, 0.15) is 17.4 Å². The molecule has 2 amide bonds. The van der Waals surface area contributed by atoms with Gasteiger partial charge in [-0.05, 0) is 36.6 Å². The highest BCUT2D eigenvalue weighted by molar-refractivity contribution is 5.91. The van der Waals surface area contributed by atoms with Crippen LogP contribution in [0.15, 0.2) is 54.6 Å². The first kappa shape index (κ1) is 25.0. The Labute approximate surface area is 217 Å². The number of primary amides is 1. The molecule has 1 aromatic heterocycles. The molecule has 1 saturated carbocycles. The van der Waals surface area contributed by atoms with E-state index in [9.17, 15) is 9.59 Å². The van der Waals surface area contributed by atoms with Crippen molar-refractivity contribution in [3.8, 4) is 5.75 Å². The lowest BCUT2D eigenvalue weighted by molar-refractivity contribution is -0.135. The predicted molar refractivity (Wildman–Crippen MR) is 142 cm³/mol. The van der Waals surface area contributed by atoms with Crippen LogP contribution in [0.1, 0.15) is 26.1 Å². The third kappa shape index (κ3) is 5.22. The summed E-state index contributed by atoms with van der Waals surface area (Å²) in [7, 11) is 0. The molecule has 2 aliphatic rings. The van der Waals surface area contributed by atoms with Gasteiger partial charge in [0.05, 0.1) is 17.5 Å². The van der Waals surface area contributed by atoms with E-state index in [1.807, 2.05) is 73.3 Å². The fourth-order valence-corrected chi connectivity index (χ4v) is 5.23. The molecule has 3 N–H and O–H groups in total. The molecule has 0 spiro atoms. The van der Waals surface area contributed by atoms with Crippen molar-refractivity contribution in [3.05, 3.63) is 60.4 Å². The van der Waals surface area contributed by atoms with E-state index in [0.717, 1.165) is 29.8 Å². The van der Waals surface area contributed by atoms with Gasteiger partial charge >= 0.3 is 0 Å². The number of fused-ring (bicyclic) bond motifs is 1. The van der Waals surface area contributed by atoms with Gasteiger partial charge < -0.3 is 20.7 Å². The normalized spacial score (nSPS) is 21.7. The minimum Gasteiger partial charge on any atom is -0.484 e. The lowest BCUT2D eigenvalue weighted by Crippen LogP contribution is -2.49. The Morgan fingerprint density at radius 3 is 2.43 bits per heavy atom. The standard InChI is InChI=1S/C28H34N6O3/c1-19(2)28(27(29)36)16-23(28)31-26-21-10-6-7-11-22(21)30-24(32-26)17-33-12-14-34(15-13-33)25(35)18-37-20-8-4-3-5-9-20/h3-11,19,23H,12-18H2,1-2H3,(H2,29,36)(H,30,31,32)/t23?,28-/m1/s1. The van der Waals surface area contributed by atoms with Crippen LogP contribution < -0.4 is 15.8 Å². The largest absolute Gasteiger partial charge is 0.484 e. The van der Waals surface area contributed by atoms with E-state index < -0.39 is 5.41 Å². The van der Waals surface area contributed by atoms with Crippen molar-refractivity contribution in [2.24, 2.45) is 17.1 Å². The van der Waals surface area contributed by atoms with Gasteiger partial charge in [0.25, 0.3) is 5.91 Å². The second kappa shape index (κ2) is 10.3. The molecule has 1 saturated heterocycles. The van der Waals surface area contributed by atoms with Crippen LogP contribution in [0.5, 0.6) is 5.75 Å². The monoisotopic (exact) mass is 502 g/mol. The van der Waals surface area contributed by atoms with Crippen LogP contribution in [0.3, 0.4) is 0 Å². The van der Waals surface area contributed by atoms with E-state index in [4.69, 9.17) is 20.4 Å². The average Bonchev–Trinajstić information content (AvgIpc) is 3.64. The fraction of sp³-hybridized carbons (Fsp3) is 0.429. The van der Waals surface area contributed by atoms with Crippen molar-refractivity contribution in [2.75, 3.05) is 38.1 Å². The van der Waals surface area contributed by atoms with E-state index in [0.29, 0.717) is 37.6 Å². The van der Waals surface area contributed by atoms with Gasteiger partial charge in [0.15, 0.2) is 6.61 Å². The summed E-state index contributed by atoms with van der Waals surface area (Å²) >= 11 is 0. The molecule has 2 atom stereocenters. The van der Waals surface area contributed by atoms with Crippen LogP contribution in [0.25, 0.3) is 10.9 Å². The predicted octanol–water partition coefficient (Wildman–Crippen LogP) is 2.66. The van der Waals surface area contributed by atoms with E-state index in [2.05, 4.69) is 10.2 Å². The number of piperazine rings is 1. The third-order valence-electron chi connectivity index (χ3n) is 7.65. The maximum Gasteiger partial charge on any atom is 0.260 e. The average molecular weight is 503 g/mol. The first-order valence-corrected chi connectivity index (χ1v) is 12.9. The van der Waals surface area contributed by atoms with Crippen molar-refractivity contribution >= 4 is 28.5 Å². The van der Waals surface area contributed by atoms with Crippen LogP contribution in [0, 0.1) is 11.3 Å². The number of rotatable bonds is 9. The zero-order valence-electron chi connectivity index (χ0n) is 21.4. The van der Waals surface area contributed by atoms with Crippen LogP contribution in [-0.2, 0) is 16.1 Å². The molecule has 1 unspecified atom stereocenters. The number of nitrogens with two attached hydrogens (primary N) is 1. The van der Waals surface area contributed by atoms with Gasteiger partial charge in [-0.3, -0.25) is 14.5 Å². The van der Waals surface area contributed by atoms with Crippen molar-refractivity contribution in [2.45, 2.75) is 32.9 Å². The van der Waals surface area contributed by atoms with Gasteiger partial charge in [-0.1, -0.05) is 44.2 Å². The van der Waals surface area contributed by atoms with E-state index in [1.54, 1.807) is 0 Å². The van der Waals surface area contributed by atoms with Crippen LogP contribution in [0.2, 0.25) is 0 Å². The second-order valence-electron chi connectivity index (χ2n) is 10.2. The Kier molecular flexibility index (Phi) is 6.97. The molecule has 37 heavy (non-hydrogen) atoms. The van der Waals surface area contributed by atoms with Gasteiger partial charge in [-0.2, -0.15) is 0 Å². The molecule has 194 valence electrons. The number of para-hydroxylation sites is 2. The van der Waals surface area contributed by atoms with Gasteiger partial charge in [-0.15, -0.1) is 0 Å². The molecule has 3 aromatic rings.